The van der Waals surface area contributed by atoms with Gasteiger partial charge in [-0.25, -0.2) is 5.43 Å². The predicted molar refractivity (Wildman–Crippen MR) is 140 cm³/mol. The lowest BCUT2D eigenvalue weighted by molar-refractivity contribution is -0.385. The summed E-state index contributed by atoms with van der Waals surface area (Å²) in [7, 11) is 0. The number of carbonyl (C=O) groups excluding carboxylic acids is 1. The summed E-state index contributed by atoms with van der Waals surface area (Å²) in [6.07, 6.45) is 1.63. The number of carbonyl (C=O) groups is 1. The molecular formula is C27H23N5O5. The maximum Gasteiger partial charge on any atom is 0.269 e. The van der Waals surface area contributed by atoms with Gasteiger partial charge in [0.2, 0.25) is 5.91 Å². The summed E-state index contributed by atoms with van der Waals surface area (Å²) < 4.78 is 2.07. The third-order valence-corrected chi connectivity index (χ3v) is 5.91. The minimum atomic E-state index is -0.488. The Hall–Kier alpha value is -5.12. The van der Waals surface area contributed by atoms with Crippen LogP contribution in [0.15, 0.2) is 84.0 Å². The number of hydrazone groups is 1. The number of nitro groups is 2. The molecule has 10 nitrogen and oxygen atoms in total. The third kappa shape index (κ3) is 5.76. The van der Waals surface area contributed by atoms with Gasteiger partial charge < -0.3 is 4.57 Å². The molecule has 4 rings (SSSR count). The van der Waals surface area contributed by atoms with Gasteiger partial charge in [-0.1, -0.05) is 24.3 Å². The highest BCUT2D eigenvalue weighted by Crippen LogP contribution is 2.26. The van der Waals surface area contributed by atoms with E-state index in [2.05, 4.69) is 15.1 Å². The van der Waals surface area contributed by atoms with Crippen molar-refractivity contribution in [2.45, 2.75) is 20.3 Å². The predicted octanol–water partition coefficient (Wildman–Crippen LogP) is 5.27. The molecule has 0 spiro atoms. The summed E-state index contributed by atoms with van der Waals surface area (Å²) in [6, 6.07) is 22.1. The van der Waals surface area contributed by atoms with Crippen LogP contribution >= 0.6 is 0 Å². The topological polar surface area (TPSA) is 133 Å². The fraction of sp³-hybridized carbons (Fsp3) is 0.111. The molecule has 0 bridgehead atoms. The third-order valence-electron chi connectivity index (χ3n) is 5.91. The number of nitrogens with zero attached hydrogens (tertiary/aromatic N) is 4. The van der Waals surface area contributed by atoms with Crippen LogP contribution in [0.2, 0.25) is 0 Å². The Morgan fingerprint density at radius 3 is 1.92 bits per heavy atom. The molecule has 0 atom stereocenters. The molecule has 0 unspecified atom stereocenters. The number of nitro benzene ring substituents is 2. The van der Waals surface area contributed by atoms with Gasteiger partial charge in [0.1, 0.15) is 0 Å². The Morgan fingerprint density at radius 1 is 0.865 bits per heavy atom. The number of aromatic nitrogens is 1. The first-order chi connectivity index (χ1) is 17.7. The largest absolute Gasteiger partial charge is 0.318 e. The quantitative estimate of drug-likeness (QED) is 0.201. The second-order valence-electron chi connectivity index (χ2n) is 8.41. The lowest BCUT2D eigenvalue weighted by Crippen LogP contribution is -2.19. The Morgan fingerprint density at radius 2 is 1.38 bits per heavy atom. The number of hydrogen-bond acceptors (Lipinski definition) is 6. The molecule has 1 heterocycles. The van der Waals surface area contributed by atoms with Crippen LogP contribution in [0.1, 0.15) is 22.5 Å². The Bertz CT molecular complexity index is 1490. The number of non-ortho nitro benzene ring substituents is 2. The average Bonchev–Trinajstić information content (AvgIpc) is 3.17. The van der Waals surface area contributed by atoms with Crippen molar-refractivity contribution < 1.29 is 14.6 Å². The Balaban J connectivity index is 1.43. The Labute approximate surface area is 212 Å². The van der Waals surface area contributed by atoms with Crippen LogP contribution < -0.4 is 5.43 Å². The molecule has 186 valence electrons. The van der Waals surface area contributed by atoms with Crippen LogP contribution in [0, 0.1) is 34.1 Å². The maximum atomic E-state index is 12.2. The molecule has 37 heavy (non-hydrogen) atoms. The minimum Gasteiger partial charge on any atom is -0.318 e. The van der Waals surface area contributed by atoms with E-state index in [4.69, 9.17) is 0 Å². The lowest BCUT2D eigenvalue weighted by atomic mass is 10.0. The summed E-state index contributed by atoms with van der Waals surface area (Å²) in [6.45, 7) is 3.93. The molecule has 0 aliphatic rings. The van der Waals surface area contributed by atoms with E-state index in [1.165, 1.54) is 24.3 Å². The van der Waals surface area contributed by atoms with E-state index in [-0.39, 0.29) is 23.7 Å². The molecule has 3 aromatic carbocycles. The summed E-state index contributed by atoms with van der Waals surface area (Å²) in [5, 5.41) is 25.7. The van der Waals surface area contributed by atoms with E-state index in [0.29, 0.717) is 5.56 Å². The zero-order valence-electron chi connectivity index (χ0n) is 20.1. The number of amides is 1. The fourth-order valence-corrected chi connectivity index (χ4v) is 4.03. The van der Waals surface area contributed by atoms with Gasteiger partial charge in [0.25, 0.3) is 11.4 Å². The monoisotopic (exact) mass is 497 g/mol. The van der Waals surface area contributed by atoms with Crippen molar-refractivity contribution in [1.29, 1.82) is 0 Å². The normalized spacial score (nSPS) is 11.0. The zero-order valence-corrected chi connectivity index (χ0v) is 20.1. The number of hydrogen-bond donors (Lipinski definition) is 1. The fourth-order valence-electron chi connectivity index (χ4n) is 4.03. The van der Waals surface area contributed by atoms with Crippen molar-refractivity contribution in [3.8, 4) is 16.8 Å². The maximum absolute atomic E-state index is 12.2. The zero-order chi connectivity index (χ0) is 26.5. The van der Waals surface area contributed by atoms with Crippen LogP contribution in [0.3, 0.4) is 0 Å². The molecule has 0 saturated heterocycles. The van der Waals surface area contributed by atoms with E-state index in [0.717, 1.165) is 33.8 Å². The van der Waals surface area contributed by atoms with Gasteiger partial charge >= 0.3 is 0 Å². The molecule has 0 saturated carbocycles. The van der Waals surface area contributed by atoms with Crippen LogP contribution in [0.5, 0.6) is 0 Å². The highest BCUT2D eigenvalue weighted by Gasteiger charge is 2.11. The smallest absolute Gasteiger partial charge is 0.269 e. The first-order valence-corrected chi connectivity index (χ1v) is 11.3. The van der Waals surface area contributed by atoms with Crippen molar-refractivity contribution in [3.63, 3.8) is 0 Å². The van der Waals surface area contributed by atoms with E-state index >= 15 is 0 Å². The van der Waals surface area contributed by atoms with Gasteiger partial charge in [-0.3, -0.25) is 25.0 Å². The van der Waals surface area contributed by atoms with Crippen molar-refractivity contribution in [2.75, 3.05) is 0 Å². The van der Waals surface area contributed by atoms with E-state index < -0.39 is 9.85 Å². The summed E-state index contributed by atoms with van der Waals surface area (Å²) >= 11 is 0. The number of benzene rings is 3. The van der Waals surface area contributed by atoms with Gasteiger partial charge in [0.05, 0.1) is 22.5 Å². The second-order valence-corrected chi connectivity index (χ2v) is 8.41. The molecule has 10 heteroatoms. The highest BCUT2D eigenvalue weighted by atomic mass is 16.6. The molecule has 0 aliphatic heterocycles. The van der Waals surface area contributed by atoms with Gasteiger partial charge in [0.15, 0.2) is 0 Å². The van der Waals surface area contributed by atoms with Crippen molar-refractivity contribution in [3.05, 3.63) is 122 Å². The number of aryl methyl sites for hydroxylation is 1. The SMILES string of the molecule is Cc1cc(/C=N\NC(=O)Cc2ccc([N+](=O)[O-])cc2)c(C)n1-c1ccc(-c2ccc([N+](=O)[O-])cc2)cc1. The first kappa shape index (κ1) is 25.0. The van der Waals surface area contributed by atoms with Crippen LogP contribution in [-0.2, 0) is 11.2 Å². The lowest BCUT2D eigenvalue weighted by Gasteiger charge is -2.11. The number of rotatable bonds is 8. The molecule has 1 N–H and O–H groups in total. The second kappa shape index (κ2) is 10.6. The van der Waals surface area contributed by atoms with Gasteiger partial charge in [-0.05, 0) is 60.9 Å². The molecule has 0 aliphatic carbocycles. The number of nitrogens with one attached hydrogen (secondary N) is 1. The van der Waals surface area contributed by atoms with Crippen LogP contribution in [0.4, 0.5) is 11.4 Å². The highest BCUT2D eigenvalue weighted by molar-refractivity contribution is 5.85. The molecular weight excluding hydrogens is 474 g/mol. The Kier molecular flexibility index (Phi) is 7.19. The van der Waals surface area contributed by atoms with Crippen LogP contribution in [-0.4, -0.2) is 26.5 Å². The van der Waals surface area contributed by atoms with Gasteiger partial charge in [-0.15, -0.1) is 0 Å². The average molecular weight is 498 g/mol. The molecule has 1 aromatic heterocycles. The first-order valence-electron chi connectivity index (χ1n) is 11.3. The van der Waals surface area contributed by atoms with Crippen molar-refractivity contribution in [2.24, 2.45) is 5.10 Å². The summed E-state index contributed by atoms with van der Waals surface area (Å²) in [4.78, 5) is 32.9. The van der Waals surface area contributed by atoms with E-state index in [1.54, 1.807) is 30.5 Å². The van der Waals surface area contributed by atoms with Gasteiger partial charge in [-0.2, -0.15) is 5.10 Å². The molecule has 1 amide bonds. The molecule has 4 aromatic rings. The van der Waals surface area contributed by atoms with Crippen molar-refractivity contribution >= 4 is 23.5 Å². The standard InChI is InChI=1S/C27H23N5O5/c1-18-15-23(17-28-29-27(33)16-20-3-9-25(10-4-20)31(34)35)19(2)30(18)24-11-5-21(6-12-24)22-7-13-26(14-8-22)32(36)37/h3-15,17H,16H2,1-2H3,(H,29,33)/b28-17-. The van der Waals surface area contributed by atoms with Crippen LogP contribution in [0.25, 0.3) is 16.8 Å². The summed E-state index contributed by atoms with van der Waals surface area (Å²) in [5.74, 6) is -0.333. The van der Waals surface area contributed by atoms with E-state index in [1.807, 2.05) is 44.2 Å². The molecule has 0 radical (unpaired) electrons. The molecule has 0 fully saturated rings. The van der Waals surface area contributed by atoms with Gasteiger partial charge in [0, 0.05) is 46.9 Å². The summed E-state index contributed by atoms with van der Waals surface area (Å²) in [5.41, 5.74) is 8.70. The van der Waals surface area contributed by atoms with Crippen molar-refractivity contribution in [1.82, 2.24) is 9.99 Å². The minimum absolute atomic E-state index is 0.0291. The van der Waals surface area contributed by atoms with E-state index in [9.17, 15) is 25.0 Å².